The highest BCUT2D eigenvalue weighted by molar-refractivity contribution is 8.00. The summed E-state index contributed by atoms with van der Waals surface area (Å²) in [5, 5.41) is 1.78. The van der Waals surface area contributed by atoms with E-state index in [1.165, 1.54) is 11.1 Å². The van der Waals surface area contributed by atoms with Crippen LogP contribution < -0.4 is 10.6 Å². The van der Waals surface area contributed by atoms with Crippen molar-refractivity contribution in [1.82, 2.24) is 0 Å². The number of halogens is 1. The highest BCUT2D eigenvalue weighted by atomic mass is 35.7. The van der Waals surface area contributed by atoms with Crippen LogP contribution in [-0.2, 0) is 4.57 Å². The fraction of sp³-hybridized carbons (Fsp3) is 0.600. The van der Waals surface area contributed by atoms with E-state index >= 15 is 4.57 Å². The van der Waals surface area contributed by atoms with Gasteiger partial charge in [-0.1, -0.05) is 107 Å². The molecule has 0 aliphatic carbocycles. The van der Waals surface area contributed by atoms with E-state index in [0.29, 0.717) is 11.8 Å². The second kappa shape index (κ2) is 10.7. The van der Waals surface area contributed by atoms with Gasteiger partial charge in [0.05, 0.1) is 0 Å². The first-order chi connectivity index (χ1) is 15.1. The molecule has 0 unspecified atom stereocenters. The zero-order chi connectivity index (χ0) is 25.4. The molecule has 0 saturated heterocycles. The second-order valence-corrected chi connectivity index (χ2v) is 14.9. The Morgan fingerprint density at radius 3 is 0.848 bits per heavy atom. The van der Waals surface area contributed by atoms with Crippen molar-refractivity contribution in [2.75, 3.05) is 0 Å². The zero-order valence-electron chi connectivity index (χ0n) is 23.0. The Bertz CT molecular complexity index is 890. The molecule has 0 bridgehead atoms. The Morgan fingerprint density at radius 1 is 0.485 bits per heavy atom. The van der Waals surface area contributed by atoms with Crippen molar-refractivity contribution >= 4 is 28.3 Å². The van der Waals surface area contributed by atoms with Crippen molar-refractivity contribution in [2.24, 2.45) is 0 Å². The smallest absolute Gasteiger partial charge is 0.226 e. The first kappa shape index (κ1) is 28.2. The predicted molar refractivity (Wildman–Crippen MR) is 150 cm³/mol. The van der Waals surface area contributed by atoms with Gasteiger partial charge in [-0.05, 0) is 80.1 Å². The average molecular weight is 489 g/mol. The summed E-state index contributed by atoms with van der Waals surface area (Å²) in [5.41, 5.74) is 7.15. The molecule has 0 amide bonds. The van der Waals surface area contributed by atoms with Gasteiger partial charge < -0.3 is 0 Å². The predicted octanol–water partition coefficient (Wildman–Crippen LogP) is 9.89. The van der Waals surface area contributed by atoms with Gasteiger partial charge in [-0.2, -0.15) is 0 Å². The van der Waals surface area contributed by atoms with Gasteiger partial charge in [-0.3, -0.25) is 4.57 Å². The molecule has 0 fully saturated rings. The maximum absolute atomic E-state index is 15.0. The molecular formula is C30H46ClOP. The fourth-order valence-electron chi connectivity index (χ4n) is 4.61. The first-order valence-electron chi connectivity index (χ1n) is 12.8. The van der Waals surface area contributed by atoms with E-state index in [2.05, 4.69) is 107 Å². The molecule has 0 spiro atoms. The van der Waals surface area contributed by atoms with Crippen LogP contribution in [0.5, 0.6) is 0 Å². The summed E-state index contributed by atoms with van der Waals surface area (Å²) in [5.74, 6) is 1.77. The van der Waals surface area contributed by atoms with Gasteiger partial charge in [0.2, 0.25) is 6.49 Å². The maximum atomic E-state index is 15.0. The lowest BCUT2D eigenvalue weighted by molar-refractivity contribution is 0.593. The van der Waals surface area contributed by atoms with Crippen molar-refractivity contribution in [3.8, 4) is 0 Å². The lowest BCUT2D eigenvalue weighted by atomic mass is 9.89. The van der Waals surface area contributed by atoms with Crippen LogP contribution in [0.15, 0.2) is 24.3 Å². The summed E-state index contributed by atoms with van der Waals surface area (Å²) in [6, 6.07) is 9.05. The summed E-state index contributed by atoms with van der Waals surface area (Å²) < 4.78 is 15.0. The van der Waals surface area contributed by atoms with Gasteiger partial charge in [0, 0.05) is 10.6 Å². The van der Waals surface area contributed by atoms with Crippen LogP contribution in [-0.4, -0.2) is 0 Å². The van der Waals surface area contributed by atoms with Crippen LogP contribution in [0.1, 0.15) is 152 Å². The molecule has 184 valence electrons. The van der Waals surface area contributed by atoms with E-state index in [4.69, 9.17) is 11.2 Å². The molecule has 3 heteroatoms. The molecule has 2 rings (SSSR count). The van der Waals surface area contributed by atoms with Gasteiger partial charge in [-0.25, -0.2) is 0 Å². The number of rotatable bonds is 8. The largest absolute Gasteiger partial charge is 0.296 e. The summed E-state index contributed by atoms with van der Waals surface area (Å²) in [6.45, 7) is 23.0. The van der Waals surface area contributed by atoms with E-state index < -0.39 is 6.49 Å². The maximum Gasteiger partial charge on any atom is 0.226 e. The van der Waals surface area contributed by atoms with Crippen molar-refractivity contribution in [3.05, 3.63) is 57.6 Å². The van der Waals surface area contributed by atoms with E-state index in [-0.39, 0.29) is 23.7 Å². The fourth-order valence-corrected chi connectivity index (χ4v) is 8.63. The molecule has 33 heavy (non-hydrogen) atoms. The molecule has 0 atom stereocenters. The third-order valence-electron chi connectivity index (χ3n) is 6.78. The Hall–Kier alpha value is -1.04. The Kier molecular flexibility index (Phi) is 9.14. The Labute approximate surface area is 208 Å². The third kappa shape index (κ3) is 5.79. The van der Waals surface area contributed by atoms with E-state index in [1.54, 1.807) is 0 Å². The van der Waals surface area contributed by atoms with Gasteiger partial charge in [0.25, 0.3) is 0 Å². The zero-order valence-corrected chi connectivity index (χ0v) is 24.7. The van der Waals surface area contributed by atoms with Gasteiger partial charge in [0.1, 0.15) is 0 Å². The van der Waals surface area contributed by atoms with Gasteiger partial charge >= 0.3 is 0 Å². The molecule has 0 aromatic heterocycles. The molecular weight excluding hydrogens is 443 g/mol. The van der Waals surface area contributed by atoms with E-state index in [0.717, 1.165) is 32.9 Å². The molecule has 0 aliphatic rings. The number of benzene rings is 2. The topological polar surface area (TPSA) is 17.1 Å². The van der Waals surface area contributed by atoms with Crippen molar-refractivity contribution < 1.29 is 4.57 Å². The van der Waals surface area contributed by atoms with Crippen molar-refractivity contribution in [3.63, 3.8) is 0 Å². The summed E-state index contributed by atoms with van der Waals surface area (Å²) in [4.78, 5) is 0. The first-order valence-corrected chi connectivity index (χ1v) is 15.4. The van der Waals surface area contributed by atoms with Crippen LogP contribution in [0.4, 0.5) is 0 Å². The van der Waals surface area contributed by atoms with Gasteiger partial charge in [-0.15, -0.1) is 0 Å². The normalized spacial score (nSPS) is 12.9. The van der Waals surface area contributed by atoms with Crippen molar-refractivity contribution in [1.29, 1.82) is 0 Å². The second-order valence-electron chi connectivity index (χ2n) is 11.6. The Morgan fingerprint density at radius 2 is 0.697 bits per heavy atom. The SMILES string of the molecule is CC(C)c1cc(C(C)C)c(P(=O)(Cl)c2c(C(C)C)cc(C(C)C)cc2C(C)C)c(C(C)C)c1. The van der Waals surface area contributed by atoms with Gasteiger partial charge in [0.15, 0.2) is 0 Å². The van der Waals surface area contributed by atoms with Crippen LogP contribution >= 0.6 is 17.7 Å². The van der Waals surface area contributed by atoms with Crippen LogP contribution in [0.3, 0.4) is 0 Å². The van der Waals surface area contributed by atoms with Crippen LogP contribution in [0.2, 0.25) is 0 Å². The quantitative estimate of drug-likeness (QED) is 0.338. The summed E-state index contributed by atoms with van der Waals surface area (Å²) in [7, 11) is 0. The Balaban J connectivity index is 3.08. The molecule has 0 N–H and O–H groups in total. The van der Waals surface area contributed by atoms with E-state index in [9.17, 15) is 0 Å². The number of hydrogen-bond donors (Lipinski definition) is 0. The minimum Gasteiger partial charge on any atom is -0.296 e. The third-order valence-corrected chi connectivity index (χ3v) is 9.98. The highest BCUT2D eigenvalue weighted by Crippen LogP contribution is 2.55. The minimum atomic E-state index is -3.39. The molecule has 0 radical (unpaired) electrons. The molecule has 1 nitrogen and oxygen atoms in total. The van der Waals surface area contributed by atoms with Crippen LogP contribution in [0, 0.1) is 0 Å². The molecule has 0 aliphatic heterocycles. The van der Waals surface area contributed by atoms with Crippen LogP contribution in [0.25, 0.3) is 0 Å². The molecule has 0 saturated carbocycles. The molecule has 2 aromatic rings. The summed E-state index contributed by atoms with van der Waals surface area (Å²) in [6.07, 6.45) is 0. The van der Waals surface area contributed by atoms with E-state index in [1.807, 2.05) is 0 Å². The molecule has 2 aromatic carbocycles. The summed E-state index contributed by atoms with van der Waals surface area (Å²) >= 11 is 7.40. The average Bonchev–Trinajstić information content (AvgIpc) is 2.71. The lowest BCUT2D eigenvalue weighted by Gasteiger charge is -2.30. The highest BCUT2D eigenvalue weighted by Gasteiger charge is 2.37. The van der Waals surface area contributed by atoms with Crippen molar-refractivity contribution in [2.45, 2.75) is 119 Å². The standard InChI is InChI=1S/C30H46ClOP/c1-17(2)23-13-25(19(5)6)29(26(14-23)20(7)8)33(31,32)30-27(21(9)10)15-24(18(3)4)16-28(30)22(11)12/h13-22H,1-12H3. The number of hydrogen-bond acceptors (Lipinski definition) is 1. The monoisotopic (exact) mass is 488 g/mol. The lowest BCUT2D eigenvalue weighted by Crippen LogP contribution is -2.28. The molecule has 0 heterocycles. The minimum absolute atomic E-state index is 0.239.